The summed E-state index contributed by atoms with van der Waals surface area (Å²) >= 11 is 0. The molecule has 1 saturated carbocycles. The number of amides is 1. The number of hydrogen-bond acceptors (Lipinski definition) is 3. The molecule has 29 heavy (non-hydrogen) atoms. The average Bonchev–Trinajstić information content (AvgIpc) is 3.30. The first kappa shape index (κ1) is 20.0. The van der Waals surface area contributed by atoms with Crippen LogP contribution < -0.4 is 5.73 Å². The summed E-state index contributed by atoms with van der Waals surface area (Å²) in [6, 6.07) is 10.2. The minimum atomic E-state index is 0. The number of nitrogens with zero attached hydrogens (tertiary/aromatic N) is 4. The fourth-order valence-corrected chi connectivity index (χ4v) is 4.29. The monoisotopic (exact) mass is 413 g/mol. The maximum Gasteiger partial charge on any atom is 0.253 e. The molecule has 1 atom stereocenters. The molecular weight excluding hydrogens is 386 g/mol. The summed E-state index contributed by atoms with van der Waals surface area (Å²) in [6.45, 7) is 2.48. The molecule has 2 aromatic heterocycles. The van der Waals surface area contributed by atoms with Crippen molar-refractivity contribution in [3.05, 3.63) is 42.1 Å². The molecule has 2 N–H and O–H groups in total. The SMILES string of the molecule is Cl.Cn1c(-c2cccn2CC2CC2)nc2cc(C(=O)N3CCC[C@@H](N)C3)ccc21. The van der Waals surface area contributed by atoms with Gasteiger partial charge >= 0.3 is 0 Å². The third-order valence-corrected chi connectivity index (χ3v) is 6.08. The minimum absolute atomic E-state index is 0. The number of rotatable bonds is 4. The fraction of sp³-hybridized carbons (Fsp3) is 0.455. The van der Waals surface area contributed by atoms with Crippen LogP contribution in [0.2, 0.25) is 0 Å². The topological polar surface area (TPSA) is 69.1 Å². The lowest BCUT2D eigenvalue weighted by Crippen LogP contribution is -2.45. The Morgan fingerprint density at radius 1 is 1.24 bits per heavy atom. The van der Waals surface area contributed by atoms with E-state index in [4.69, 9.17) is 10.7 Å². The van der Waals surface area contributed by atoms with Gasteiger partial charge in [-0.3, -0.25) is 4.79 Å². The summed E-state index contributed by atoms with van der Waals surface area (Å²) in [7, 11) is 2.05. The Kier molecular flexibility index (Phi) is 5.40. The van der Waals surface area contributed by atoms with Crippen molar-refractivity contribution in [2.45, 2.75) is 38.3 Å². The number of benzene rings is 1. The summed E-state index contributed by atoms with van der Waals surface area (Å²) in [5.74, 6) is 1.81. The van der Waals surface area contributed by atoms with Crippen LogP contribution in [0.25, 0.3) is 22.6 Å². The lowest BCUT2D eigenvalue weighted by Gasteiger charge is -2.30. The van der Waals surface area contributed by atoms with Gasteiger partial charge in [0.05, 0.1) is 16.7 Å². The summed E-state index contributed by atoms with van der Waals surface area (Å²) in [5.41, 5.74) is 9.79. The van der Waals surface area contributed by atoms with Crippen molar-refractivity contribution in [2.75, 3.05) is 13.1 Å². The summed E-state index contributed by atoms with van der Waals surface area (Å²) in [5, 5.41) is 0. The first-order valence-corrected chi connectivity index (χ1v) is 10.3. The van der Waals surface area contributed by atoms with Crippen molar-refractivity contribution in [3.8, 4) is 11.5 Å². The molecule has 1 amide bonds. The maximum atomic E-state index is 12.9. The van der Waals surface area contributed by atoms with Gasteiger partial charge in [-0.2, -0.15) is 0 Å². The first-order valence-electron chi connectivity index (χ1n) is 10.3. The first-order chi connectivity index (χ1) is 13.6. The van der Waals surface area contributed by atoms with Crippen LogP contribution >= 0.6 is 12.4 Å². The number of aromatic nitrogens is 3. The summed E-state index contributed by atoms with van der Waals surface area (Å²) in [4.78, 5) is 19.7. The van der Waals surface area contributed by atoms with Crippen LogP contribution in [0.15, 0.2) is 36.5 Å². The van der Waals surface area contributed by atoms with Crippen LogP contribution in [-0.2, 0) is 13.6 Å². The zero-order valence-corrected chi connectivity index (χ0v) is 17.6. The Balaban J connectivity index is 0.00000205. The number of hydrogen-bond donors (Lipinski definition) is 1. The lowest BCUT2D eigenvalue weighted by molar-refractivity contribution is 0.0709. The molecule has 1 aromatic carbocycles. The highest BCUT2D eigenvalue weighted by atomic mass is 35.5. The zero-order chi connectivity index (χ0) is 19.3. The number of likely N-dealkylation sites (tertiary alicyclic amines) is 1. The van der Waals surface area contributed by atoms with E-state index >= 15 is 0 Å². The van der Waals surface area contributed by atoms with E-state index in [0.29, 0.717) is 12.1 Å². The van der Waals surface area contributed by atoms with Crippen LogP contribution in [0.3, 0.4) is 0 Å². The highest BCUT2D eigenvalue weighted by Gasteiger charge is 2.25. The van der Waals surface area contributed by atoms with Gasteiger partial charge in [0.25, 0.3) is 5.91 Å². The van der Waals surface area contributed by atoms with Gasteiger partial charge in [0.2, 0.25) is 0 Å². The Morgan fingerprint density at radius 3 is 2.83 bits per heavy atom. The Morgan fingerprint density at radius 2 is 2.07 bits per heavy atom. The second-order valence-electron chi connectivity index (χ2n) is 8.34. The lowest BCUT2D eigenvalue weighted by atomic mass is 10.1. The van der Waals surface area contributed by atoms with Gasteiger partial charge in [-0.05, 0) is 61.9 Å². The van der Waals surface area contributed by atoms with Gasteiger partial charge in [0, 0.05) is 44.5 Å². The number of nitrogens with two attached hydrogens (primary N) is 1. The van der Waals surface area contributed by atoms with E-state index in [9.17, 15) is 4.79 Å². The fourth-order valence-electron chi connectivity index (χ4n) is 4.29. The average molecular weight is 414 g/mol. The normalized spacial score (nSPS) is 19.4. The number of carbonyl (C=O) groups is 1. The Hall–Kier alpha value is -2.31. The van der Waals surface area contributed by atoms with Crippen molar-refractivity contribution < 1.29 is 4.79 Å². The van der Waals surface area contributed by atoms with Gasteiger partial charge in [0.1, 0.15) is 0 Å². The van der Waals surface area contributed by atoms with E-state index in [0.717, 1.165) is 54.4 Å². The molecule has 7 heteroatoms. The minimum Gasteiger partial charge on any atom is -0.345 e. The van der Waals surface area contributed by atoms with Crippen LogP contribution in [0.4, 0.5) is 0 Å². The molecule has 1 aliphatic heterocycles. The molecule has 1 aliphatic carbocycles. The number of aryl methyl sites for hydroxylation is 1. The van der Waals surface area contributed by atoms with E-state index in [1.54, 1.807) is 0 Å². The quantitative estimate of drug-likeness (QED) is 0.712. The van der Waals surface area contributed by atoms with Gasteiger partial charge in [0.15, 0.2) is 5.82 Å². The third-order valence-electron chi connectivity index (χ3n) is 6.08. The maximum absolute atomic E-state index is 12.9. The van der Waals surface area contributed by atoms with E-state index in [2.05, 4.69) is 27.5 Å². The van der Waals surface area contributed by atoms with Crippen molar-refractivity contribution in [3.63, 3.8) is 0 Å². The number of fused-ring (bicyclic) bond motifs is 1. The van der Waals surface area contributed by atoms with Gasteiger partial charge in [-0.1, -0.05) is 0 Å². The molecule has 3 heterocycles. The smallest absolute Gasteiger partial charge is 0.253 e. The zero-order valence-electron chi connectivity index (χ0n) is 16.8. The molecule has 0 radical (unpaired) electrons. The van der Waals surface area contributed by atoms with Crippen LogP contribution in [0.5, 0.6) is 0 Å². The standard InChI is InChI=1S/C22H27N5O.ClH/c1-25-19-9-8-16(22(28)27-11-2-4-17(23)14-27)12-18(19)24-21(25)20-5-3-10-26(20)13-15-6-7-15;/h3,5,8-10,12,15,17H,2,4,6-7,11,13-14,23H2,1H3;1H/t17-;/m1./s1. The van der Waals surface area contributed by atoms with Crippen molar-refractivity contribution in [1.82, 2.24) is 19.0 Å². The molecule has 1 saturated heterocycles. The molecule has 3 aromatic rings. The van der Waals surface area contributed by atoms with Crippen LogP contribution in [-0.4, -0.2) is 44.1 Å². The predicted molar refractivity (Wildman–Crippen MR) is 117 cm³/mol. The molecular formula is C22H28ClN5O. The number of imidazole rings is 1. The second kappa shape index (κ2) is 7.84. The van der Waals surface area contributed by atoms with Crippen molar-refractivity contribution in [2.24, 2.45) is 18.7 Å². The summed E-state index contributed by atoms with van der Waals surface area (Å²) in [6.07, 6.45) is 6.76. The van der Waals surface area contributed by atoms with E-state index < -0.39 is 0 Å². The van der Waals surface area contributed by atoms with Gasteiger partial charge in [-0.15, -0.1) is 12.4 Å². The molecule has 5 rings (SSSR count). The second-order valence-corrected chi connectivity index (χ2v) is 8.34. The highest BCUT2D eigenvalue weighted by Crippen LogP contribution is 2.33. The number of halogens is 1. The molecule has 2 fully saturated rings. The van der Waals surface area contributed by atoms with Crippen LogP contribution in [0, 0.1) is 5.92 Å². The van der Waals surface area contributed by atoms with Gasteiger partial charge in [-0.25, -0.2) is 4.98 Å². The molecule has 0 spiro atoms. The Labute approximate surface area is 177 Å². The van der Waals surface area contributed by atoms with E-state index in [1.165, 1.54) is 12.8 Å². The third kappa shape index (κ3) is 3.79. The Bertz CT molecular complexity index is 1040. The molecule has 2 aliphatic rings. The van der Waals surface area contributed by atoms with E-state index in [-0.39, 0.29) is 24.4 Å². The largest absolute Gasteiger partial charge is 0.345 e. The molecule has 154 valence electrons. The molecule has 6 nitrogen and oxygen atoms in total. The van der Waals surface area contributed by atoms with Crippen molar-refractivity contribution >= 4 is 29.3 Å². The van der Waals surface area contributed by atoms with Crippen molar-refractivity contribution in [1.29, 1.82) is 0 Å². The molecule has 0 bridgehead atoms. The number of carbonyl (C=O) groups excluding carboxylic acids is 1. The predicted octanol–water partition coefficient (Wildman–Crippen LogP) is 3.44. The summed E-state index contributed by atoms with van der Waals surface area (Å²) < 4.78 is 4.43. The van der Waals surface area contributed by atoms with Crippen LogP contribution in [0.1, 0.15) is 36.0 Å². The highest BCUT2D eigenvalue weighted by molar-refractivity contribution is 5.98. The van der Waals surface area contributed by atoms with Gasteiger partial charge < -0.3 is 19.8 Å². The van der Waals surface area contributed by atoms with E-state index in [1.807, 2.05) is 30.1 Å². The number of piperidine rings is 1. The molecule has 0 unspecified atom stereocenters.